The summed E-state index contributed by atoms with van der Waals surface area (Å²) in [6, 6.07) is 12.3. The summed E-state index contributed by atoms with van der Waals surface area (Å²) in [6.45, 7) is 11.2. The van der Waals surface area contributed by atoms with Gasteiger partial charge in [0, 0.05) is 17.6 Å². The number of hydrogen-bond acceptors (Lipinski definition) is 4. The van der Waals surface area contributed by atoms with Crippen LogP contribution in [-0.4, -0.2) is 27.5 Å². The van der Waals surface area contributed by atoms with Crippen molar-refractivity contribution in [3.05, 3.63) is 76.8 Å². The molecular weight excluding hydrogens is 523 g/mol. The third-order valence-electron chi connectivity index (χ3n) is 3.85. The van der Waals surface area contributed by atoms with E-state index in [1.54, 1.807) is 30.5 Å². The summed E-state index contributed by atoms with van der Waals surface area (Å²) in [4.78, 5) is 24.0. The van der Waals surface area contributed by atoms with Crippen molar-refractivity contribution in [1.29, 1.82) is 0 Å². The van der Waals surface area contributed by atoms with Crippen LogP contribution in [0.15, 0.2) is 48.7 Å². The molecule has 0 N–H and O–H groups in total. The predicted molar refractivity (Wildman–Crippen MR) is 96.9 cm³/mol. The maximum Gasteiger partial charge on any atom is 2.00 e. The van der Waals surface area contributed by atoms with Crippen LogP contribution < -0.4 is 5.10 Å². The second kappa shape index (κ2) is 8.70. The Morgan fingerprint density at radius 1 is 1.26 bits per heavy atom. The van der Waals surface area contributed by atoms with Crippen molar-refractivity contribution in [2.45, 2.75) is 19.3 Å². The minimum atomic E-state index is -0.455. The topological polar surface area (TPSA) is 88.3 Å². The van der Waals surface area contributed by atoms with Crippen molar-refractivity contribution < 1.29 is 25.9 Å². The molecule has 0 bridgehead atoms. The molecule has 8 heteroatoms. The standard InChI is InChI=1S/C19H17N6O.Pt/c1-19(2,12-22-18(26)14-7-4-5-10-21-14)16-9-6-8-13(23-16)15-11-17(20-3)25-24-15;/h4-11H,12H2,1-2H3,(H-,22,23,24,25,26);/q-1;+2/p-1. The first-order valence-electron chi connectivity index (χ1n) is 7.98. The first kappa shape index (κ1) is 20.5. The number of pyridine rings is 2. The predicted octanol–water partition coefficient (Wildman–Crippen LogP) is 3.54. The monoisotopic (exact) mass is 539 g/mol. The molecule has 3 aromatic heterocycles. The average molecular weight is 539 g/mol. The summed E-state index contributed by atoms with van der Waals surface area (Å²) in [5.41, 5.74) is 1.83. The minimum Gasteiger partial charge on any atom is -0.647 e. The minimum absolute atomic E-state index is 0. The molecule has 0 aromatic carbocycles. The molecule has 0 radical (unpaired) electrons. The van der Waals surface area contributed by atoms with Crippen LogP contribution in [0.25, 0.3) is 21.5 Å². The summed E-state index contributed by atoms with van der Waals surface area (Å²) in [7, 11) is 0. The second-order valence-electron chi connectivity index (χ2n) is 6.33. The SMILES string of the molecule is [C-]#[N+]c1cc(-c2cccc(C(C)(C)C[N-]C(=O)c3ccccn3)n2)[n-]n1.[Pt+2]. The quantitative estimate of drug-likeness (QED) is 0.463. The van der Waals surface area contributed by atoms with Gasteiger partial charge in [-0.2, -0.15) is 0 Å². The Labute approximate surface area is 171 Å². The van der Waals surface area contributed by atoms with Crippen LogP contribution in [-0.2, 0) is 26.5 Å². The first-order chi connectivity index (χ1) is 12.5. The normalized spacial score (nSPS) is 10.6. The van der Waals surface area contributed by atoms with Gasteiger partial charge >= 0.3 is 21.1 Å². The zero-order chi connectivity index (χ0) is 18.6. The van der Waals surface area contributed by atoms with E-state index in [4.69, 9.17) is 6.57 Å². The van der Waals surface area contributed by atoms with Crippen LogP contribution in [0.5, 0.6) is 0 Å². The van der Waals surface area contributed by atoms with Gasteiger partial charge in [0.25, 0.3) is 5.82 Å². The Morgan fingerprint density at radius 2 is 2.07 bits per heavy atom. The molecule has 0 spiro atoms. The molecule has 3 aromatic rings. The van der Waals surface area contributed by atoms with Crippen molar-refractivity contribution in [3.8, 4) is 11.4 Å². The molecule has 0 saturated carbocycles. The molecule has 27 heavy (non-hydrogen) atoms. The number of amides is 1. The van der Waals surface area contributed by atoms with Crippen molar-refractivity contribution in [2.24, 2.45) is 0 Å². The molecule has 3 heterocycles. The Balaban J connectivity index is 0.00000261. The van der Waals surface area contributed by atoms with E-state index >= 15 is 0 Å². The van der Waals surface area contributed by atoms with E-state index in [0.29, 0.717) is 17.1 Å². The molecule has 0 aliphatic carbocycles. The number of aromatic nitrogens is 4. The average Bonchev–Trinajstić information content (AvgIpc) is 3.16. The van der Waals surface area contributed by atoms with Gasteiger partial charge in [0.15, 0.2) is 0 Å². The Bertz CT molecular complexity index is 962. The summed E-state index contributed by atoms with van der Waals surface area (Å²) in [5, 5.41) is 11.9. The van der Waals surface area contributed by atoms with Crippen LogP contribution >= 0.6 is 0 Å². The molecule has 0 aliphatic rings. The molecule has 0 unspecified atom stereocenters. The van der Waals surface area contributed by atoms with Gasteiger partial charge < -0.3 is 20.1 Å². The molecule has 0 fully saturated rings. The molecule has 7 nitrogen and oxygen atoms in total. The fraction of sp³-hybridized carbons (Fsp3) is 0.211. The summed E-state index contributed by atoms with van der Waals surface area (Å²) in [6.07, 6.45) is 1.57. The second-order valence-corrected chi connectivity index (χ2v) is 6.33. The number of nitrogens with zero attached hydrogens (tertiary/aromatic N) is 6. The molecule has 138 valence electrons. The van der Waals surface area contributed by atoms with E-state index in [-0.39, 0.29) is 39.3 Å². The van der Waals surface area contributed by atoms with Gasteiger partial charge in [0.1, 0.15) is 5.91 Å². The first-order valence-corrected chi connectivity index (χ1v) is 7.98. The van der Waals surface area contributed by atoms with E-state index in [1.807, 2.05) is 32.0 Å². The number of hydrogen-bond donors (Lipinski definition) is 0. The smallest absolute Gasteiger partial charge is 0.647 e. The molecule has 0 atom stereocenters. The molecule has 0 aliphatic heterocycles. The van der Waals surface area contributed by atoms with Crippen LogP contribution in [0.4, 0.5) is 5.82 Å². The zero-order valence-electron chi connectivity index (χ0n) is 14.7. The van der Waals surface area contributed by atoms with Crippen molar-refractivity contribution in [2.75, 3.05) is 6.54 Å². The van der Waals surface area contributed by atoms with Crippen LogP contribution in [0.3, 0.4) is 0 Å². The third kappa shape index (κ3) is 4.87. The third-order valence-corrected chi connectivity index (χ3v) is 3.85. The van der Waals surface area contributed by atoms with Gasteiger partial charge in [-0.15, -0.1) is 6.54 Å². The molecule has 3 rings (SSSR count). The Morgan fingerprint density at radius 3 is 2.74 bits per heavy atom. The van der Waals surface area contributed by atoms with E-state index in [9.17, 15) is 4.79 Å². The summed E-state index contributed by atoms with van der Waals surface area (Å²) >= 11 is 0. The van der Waals surface area contributed by atoms with Crippen LogP contribution in [0, 0.1) is 6.57 Å². The fourth-order valence-electron chi connectivity index (χ4n) is 2.34. The van der Waals surface area contributed by atoms with Gasteiger partial charge in [0.05, 0.1) is 5.69 Å². The van der Waals surface area contributed by atoms with E-state index in [0.717, 1.165) is 5.69 Å². The van der Waals surface area contributed by atoms with Gasteiger partial charge in [-0.1, -0.05) is 38.2 Å². The Kier molecular flexibility index (Phi) is 6.59. The van der Waals surface area contributed by atoms with Crippen LogP contribution in [0.2, 0.25) is 0 Å². The fourth-order valence-corrected chi connectivity index (χ4v) is 2.34. The van der Waals surface area contributed by atoms with Gasteiger partial charge in [-0.25, -0.2) is 5.10 Å². The molecular formula is C19H16N6OPt. The van der Waals surface area contributed by atoms with E-state index in [2.05, 4.69) is 30.3 Å². The Hall–Kier alpha value is -2.84. The molecule has 0 saturated heterocycles. The number of rotatable bonds is 5. The largest absolute Gasteiger partial charge is 2.00 e. The van der Waals surface area contributed by atoms with Crippen LogP contribution in [0.1, 0.15) is 30.0 Å². The molecule has 1 amide bonds. The number of carbonyl (C=O) groups is 1. The van der Waals surface area contributed by atoms with E-state index in [1.165, 1.54) is 0 Å². The maximum atomic E-state index is 12.2. The van der Waals surface area contributed by atoms with Crippen molar-refractivity contribution >= 4 is 11.7 Å². The van der Waals surface area contributed by atoms with Gasteiger partial charge in [-0.3, -0.25) is 9.97 Å². The van der Waals surface area contributed by atoms with Crippen molar-refractivity contribution in [1.82, 2.24) is 20.2 Å². The van der Waals surface area contributed by atoms with Gasteiger partial charge in [0.2, 0.25) is 0 Å². The number of carbonyl (C=O) groups excluding carboxylic acids is 1. The summed E-state index contributed by atoms with van der Waals surface area (Å²) < 4.78 is 0. The van der Waals surface area contributed by atoms with Gasteiger partial charge in [-0.05, 0) is 35.7 Å². The maximum absolute atomic E-state index is 12.2. The zero-order valence-corrected chi connectivity index (χ0v) is 17.0. The van der Waals surface area contributed by atoms with Crippen molar-refractivity contribution in [3.63, 3.8) is 0 Å². The summed E-state index contributed by atoms with van der Waals surface area (Å²) in [5.74, 6) is -0.110. The van der Waals surface area contributed by atoms with E-state index < -0.39 is 5.41 Å².